The summed E-state index contributed by atoms with van der Waals surface area (Å²) in [4.78, 5) is 7.90. The van der Waals surface area contributed by atoms with E-state index in [0.717, 1.165) is 0 Å². The lowest BCUT2D eigenvalue weighted by atomic mass is 10.4. The standard InChI is InChI=1S/C11H9BrClN3O2S/c1-7-6-10(13)15-11(14-7)16-19(17,18)9-5-3-2-4-8(9)12/h2-6H,1H3,(H,14,15,16). The molecule has 0 atom stereocenters. The van der Waals surface area contributed by atoms with Crippen molar-refractivity contribution < 1.29 is 8.42 Å². The minimum atomic E-state index is -3.76. The molecule has 0 spiro atoms. The molecule has 1 aromatic carbocycles. The van der Waals surface area contributed by atoms with Crippen LogP contribution in [0.1, 0.15) is 5.69 Å². The van der Waals surface area contributed by atoms with Gasteiger partial charge in [-0.25, -0.2) is 23.1 Å². The Morgan fingerprint density at radius 1 is 1.26 bits per heavy atom. The largest absolute Gasteiger partial charge is 0.265 e. The maximum Gasteiger partial charge on any atom is 0.265 e. The van der Waals surface area contributed by atoms with Crippen molar-refractivity contribution in [3.8, 4) is 0 Å². The first-order chi connectivity index (χ1) is 8.88. The van der Waals surface area contributed by atoms with Gasteiger partial charge in [-0.1, -0.05) is 23.7 Å². The van der Waals surface area contributed by atoms with Crippen molar-refractivity contribution in [2.75, 3.05) is 4.72 Å². The Labute approximate surface area is 124 Å². The van der Waals surface area contributed by atoms with Gasteiger partial charge in [-0.2, -0.15) is 0 Å². The van der Waals surface area contributed by atoms with E-state index in [1.807, 2.05) is 0 Å². The van der Waals surface area contributed by atoms with Crippen LogP contribution >= 0.6 is 27.5 Å². The molecule has 2 aromatic rings. The number of rotatable bonds is 3. The second-order valence-electron chi connectivity index (χ2n) is 3.69. The number of nitrogens with zero attached hydrogens (tertiary/aromatic N) is 2. The summed E-state index contributed by atoms with van der Waals surface area (Å²) < 4.78 is 27.1. The van der Waals surface area contributed by atoms with E-state index in [-0.39, 0.29) is 16.0 Å². The Morgan fingerprint density at radius 3 is 2.58 bits per heavy atom. The van der Waals surface area contributed by atoms with E-state index in [1.165, 1.54) is 12.1 Å². The maximum atomic E-state index is 12.2. The number of sulfonamides is 1. The van der Waals surface area contributed by atoms with Crippen molar-refractivity contribution in [2.45, 2.75) is 11.8 Å². The van der Waals surface area contributed by atoms with Gasteiger partial charge in [0.15, 0.2) is 0 Å². The molecule has 0 aliphatic rings. The van der Waals surface area contributed by atoms with E-state index in [1.54, 1.807) is 25.1 Å². The lowest BCUT2D eigenvalue weighted by molar-refractivity contribution is 0.600. The Balaban J connectivity index is 2.39. The van der Waals surface area contributed by atoms with Crippen molar-refractivity contribution >= 4 is 43.5 Å². The van der Waals surface area contributed by atoms with Crippen LogP contribution in [0.25, 0.3) is 0 Å². The average Bonchev–Trinajstić information content (AvgIpc) is 2.26. The molecular weight excluding hydrogens is 354 g/mol. The molecule has 1 heterocycles. The summed E-state index contributed by atoms with van der Waals surface area (Å²) in [7, 11) is -3.76. The van der Waals surface area contributed by atoms with Gasteiger partial charge in [-0.3, -0.25) is 0 Å². The third-order valence-electron chi connectivity index (χ3n) is 2.17. The van der Waals surface area contributed by atoms with Gasteiger partial charge in [0.1, 0.15) is 10.0 Å². The Kier molecular flexibility index (Phi) is 4.07. The molecule has 1 aromatic heterocycles. The van der Waals surface area contributed by atoms with Crippen molar-refractivity contribution in [3.63, 3.8) is 0 Å². The van der Waals surface area contributed by atoms with E-state index in [0.29, 0.717) is 10.2 Å². The minimum absolute atomic E-state index is 0.0549. The van der Waals surface area contributed by atoms with Crippen LogP contribution in [0.3, 0.4) is 0 Å². The summed E-state index contributed by atoms with van der Waals surface area (Å²) >= 11 is 8.95. The van der Waals surface area contributed by atoms with Gasteiger partial charge in [0, 0.05) is 10.2 Å². The maximum absolute atomic E-state index is 12.2. The van der Waals surface area contributed by atoms with Crippen LogP contribution in [0.15, 0.2) is 39.7 Å². The summed E-state index contributed by atoms with van der Waals surface area (Å²) in [5.41, 5.74) is 0.574. The van der Waals surface area contributed by atoms with E-state index >= 15 is 0 Å². The topological polar surface area (TPSA) is 72.0 Å². The van der Waals surface area contributed by atoms with Gasteiger partial charge < -0.3 is 0 Å². The average molecular weight is 363 g/mol. The molecule has 0 fully saturated rings. The van der Waals surface area contributed by atoms with Gasteiger partial charge in [-0.15, -0.1) is 0 Å². The quantitative estimate of drug-likeness (QED) is 0.852. The third-order valence-corrected chi connectivity index (χ3v) is 4.71. The number of halogens is 2. The molecule has 0 aliphatic heterocycles. The van der Waals surface area contributed by atoms with Crippen molar-refractivity contribution in [1.82, 2.24) is 9.97 Å². The smallest absolute Gasteiger partial charge is 0.247 e. The minimum Gasteiger partial charge on any atom is -0.247 e. The van der Waals surface area contributed by atoms with E-state index in [9.17, 15) is 8.42 Å². The van der Waals surface area contributed by atoms with Crippen molar-refractivity contribution in [3.05, 3.63) is 45.7 Å². The Bertz CT molecular complexity index is 701. The Hall–Kier alpha value is -1.18. The first kappa shape index (κ1) is 14.2. The number of hydrogen-bond donors (Lipinski definition) is 1. The third kappa shape index (κ3) is 3.43. The number of hydrogen-bond acceptors (Lipinski definition) is 4. The number of nitrogens with one attached hydrogen (secondary N) is 1. The van der Waals surface area contributed by atoms with Gasteiger partial charge >= 0.3 is 0 Å². The molecule has 19 heavy (non-hydrogen) atoms. The second-order valence-corrected chi connectivity index (χ2v) is 6.58. The molecule has 0 saturated carbocycles. The summed E-state index contributed by atoms with van der Waals surface area (Å²) in [6.45, 7) is 1.70. The predicted octanol–water partition coefficient (Wildman–Crippen LogP) is 3.00. The van der Waals surface area contributed by atoms with Crippen LogP contribution in [0.2, 0.25) is 5.15 Å². The fourth-order valence-electron chi connectivity index (χ4n) is 1.41. The molecular formula is C11H9BrClN3O2S. The van der Waals surface area contributed by atoms with Crippen LogP contribution in [0.4, 0.5) is 5.95 Å². The van der Waals surface area contributed by atoms with Crippen LogP contribution in [-0.2, 0) is 10.0 Å². The van der Waals surface area contributed by atoms with E-state index in [4.69, 9.17) is 11.6 Å². The Morgan fingerprint density at radius 2 is 1.95 bits per heavy atom. The zero-order chi connectivity index (χ0) is 14.0. The molecule has 0 aliphatic carbocycles. The van der Waals surface area contributed by atoms with Crippen LogP contribution in [0, 0.1) is 6.92 Å². The SMILES string of the molecule is Cc1cc(Cl)nc(NS(=O)(=O)c2ccccc2Br)n1. The summed E-state index contributed by atoms with van der Waals surface area (Å²) in [5, 5.41) is 0.178. The molecule has 100 valence electrons. The lowest BCUT2D eigenvalue weighted by Gasteiger charge is -2.08. The van der Waals surface area contributed by atoms with Crippen LogP contribution < -0.4 is 4.72 Å². The van der Waals surface area contributed by atoms with Gasteiger partial charge in [0.25, 0.3) is 10.0 Å². The van der Waals surface area contributed by atoms with Gasteiger partial charge in [0.05, 0.1) is 0 Å². The number of aromatic nitrogens is 2. The molecule has 0 unspecified atom stereocenters. The number of benzene rings is 1. The zero-order valence-electron chi connectivity index (χ0n) is 9.76. The summed E-state index contributed by atoms with van der Waals surface area (Å²) in [6, 6.07) is 8.01. The van der Waals surface area contributed by atoms with Crippen molar-refractivity contribution in [1.29, 1.82) is 0 Å². The van der Waals surface area contributed by atoms with E-state index in [2.05, 4.69) is 30.6 Å². The highest BCUT2D eigenvalue weighted by molar-refractivity contribution is 9.10. The number of aryl methyl sites for hydroxylation is 1. The molecule has 8 heteroatoms. The highest BCUT2D eigenvalue weighted by Crippen LogP contribution is 2.23. The zero-order valence-corrected chi connectivity index (χ0v) is 12.9. The fraction of sp³-hybridized carbons (Fsp3) is 0.0909. The fourth-order valence-corrected chi connectivity index (χ4v) is 3.60. The second kappa shape index (κ2) is 5.44. The highest BCUT2D eigenvalue weighted by Gasteiger charge is 2.18. The van der Waals surface area contributed by atoms with Crippen molar-refractivity contribution in [2.24, 2.45) is 0 Å². The van der Waals surface area contributed by atoms with Gasteiger partial charge in [0.2, 0.25) is 5.95 Å². The predicted molar refractivity (Wildman–Crippen MR) is 76.7 cm³/mol. The first-order valence-corrected chi connectivity index (χ1v) is 7.82. The summed E-state index contributed by atoms with van der Waals surface area (Å²) in [5.74, 6) is -0.0549. The van der Waals surface area contributed by atoms with Crippen LogP contribution in [0.5, 0.6) is 0 Å². The molecule has 5 nitrogen and oxygen atoms in total. The summed E-state index contributed by atoms with van der Waals surface area (Å²) in [6.07, 6.45) is 0. The molecule has 0 saturated heterocycles. The first-order valence-electron chi connectivity index (χ1n) is 5.17. The number of anilines is 1. The monoisotopic (exact) mass is 361 g/mol. The van der Waals surface area contributed by atoms with E-state index < -0.39 is 10.0 Å². The molecule has 2 rings (SSSR count). The molecule has 1 N–H and O–H groups in total. The highest BCUT2D eigenvalue weighted by atomic mass is 79.9. The lowest BCUT2D eigenvalue weighted by Crippen LogP contribution is -2.15. The normalized spacial score (nSPS) is 11.3. The van der Waals surface area contributed by atoms with Crippen LogP contribution in [-0.4, -0.2) is 18.4 Å². The molecule has 0 radical (unpaired) electrons. The molecule has 0 amide bonds. The van der Waals surface area contributed by atoms with Gasteiger partial charge in [-0.05, 0) is 41.1 Å². The molecule has 0 bridgehead atoms.